The second-order valence-electron chi connectivity index (χ2n) is 7.45. The van der Waals surface area contributed by atoms with Gasteiger partial charge in [0.2, 0.25) is 5.91 Å². The highest BCUT2D eigenvalue weighted by molar-refractivity contribution is 5.79. The Hall–Kier alpha value is -2.21. The van der Waals surface area contributed by atoms with Crippen molar-refractivity contribution in [1.29, 1.82) is 0 Å². The minimum absolute atomic E-state index is 0.0797. The monoisotopic (exact) mass is 390 g/mol. The SMILES string of the molecule is C=CCOc1c(OC)ccc2c1CN(C(C)C)C(=O)CCN2CC(O)CCC. The molecule has 6 heteroatoms. The van der Waals surface area contributed by atoms with E-state index in [-0.39, 0.29) is 11.9 Å². The van der Waals surface area contributed by atoms with Crippen LogP contribution in [0.5, 0.6) is 11.5 Å². The number of methoxy groups -OCH3 is 1. The summed E-state index contributed by atoms with van der Waals surface area (Å²) >= 11 is 0. The van der Waals surface area contributed by atoms with Gasteiger partial charge in [-0.05, 0) is 32.4 Å². The maximum atomic E-state index is 12.8. The van der Waals surface area contributed by atoms with Gasteiger partial charge >= 0.3 is 0 Å². The number of fused-ring (bicyclic) bond motifs is 1. The lowest BCUT2D eigenvalue weighted by molar-refractivity contribution is -0.133. The molecule has 1 unspecified atom stereocenters. The first-order valence-corrected chi connectivity index (χ1v) is 10.1. The van der Waals surface area contributed by atoms with Crippen LogP contribution >= 0.6 is 0 Å². The fourth-order valence-electron chi connectivity index (χ4n) is 3.60. The molecule has 2 rings (SSSR count). The molecule has 156 valence electrons. The molecule has 1 heterocycles. The molecule has 0 radical (unpaired) electrons. The Morgan fingerprint density at radius 3 is 2.71 bits per heavy atom. The summed E-state index contributed by atoms with van der Waals surface area (Å²) in [5, 5.41) is 10.4. The van der Waals surface area contributed by atoms with Crippen LogP contribution in [0.25, 0.3) is 0 Å². The van der Waals surface area contributed by atoms with Gasteiger partial charge in [0, 0.05) is 36.8 Å². The number of nitrogens with zero attached hydrogens (tertiary/aromatic N) is 2. The van der Waals surface area contributed by atoms with E-state index in [9.17, 15) is 9.90 Å². The lowest BCUT2D eigenvalue weighted by Gasteiger charge is -2.36. The van der Waals surface area contributed by atoms with E-state index < -0.39 is 6.10 Å². The summed E-state index contributed by atoms with van der Waals surface area (Å²) < 4.78 is 11.5. The summed E-state index contributed by atoms with van der Waals surface area (Å²) in [7, 11) is 1.61. The van der Waals surface area contributed by atoms with E-state index >= 15 is 0 Å². The van der Waals surface area contributed by atoms with Crippen molar-refractivity contribution in [1.82, 2.24) is 4.90 Å². The van der Waals surface area contributed by atoms with Crippen molar-refractivity contribution in [2.75, 3.05) is 31.7 Å². The summed E-state index contributed by atoms with van der Waals surface area (Å²) in [6, 6.07) is 3.97. The zero-order chi connectivity index (χ0) is 20.7. The summed E-state index contributed by atoms with van der Waals surface area (Å²) in [5.41, 5.74) is 1.89. The molecule has 1 aliphatic rings. The Bertz CT molecular complexity index is 675. The van der Waals surface area contributed by atoms with Crippen LogP contribution in [0.15, 0.2) is 24.8 Å². The molecular formula is C22H34N2O4. The number of aliphatic hydroxyl groups is 1. The van der Waals surface area contributed by atoms with Gasteiger partial charge in [0.05, 0.1) is 19.8 Å². The maximum Gasteiger partial charge on any atom is 0.224 e. The Balaban J connectivity index is 2.54. The molecule has 1 aromatic carbocycles. The molecule has 0 saturated carbocycles. The fraction of sp³-hybridized carbons (Fsp3) is 0.591. The minimum Gasteiger partial charge on any atom is -0.493 e. The van der Waals surface area contributed by atoms with Crippen molar-refractivity contribution < 1.29 is 19.4 Å². The van der Waals surface area contributed by atoms with Crippen LogP contribution in [0.2, 0.25) is 0 Å². The normalized spacial score (nSPS) is 15.7. The van der Waals surface area contributed by atoms with E-state index in [4.69, 9.17) is 9.47 Å². The Morgan fingerprint density at radius 2 is 2.11 bits per heavy atom. The van der Waals surface area contributed by atoms with Crippen LogP contribution in [0.1, 0.15) is 45.6 Å². The quantitative estimate of drug-likeness (QED) is 0.655. The van der Waals surface area contributed by atoms with E-state index in [0.29, 0.717) is 44.2 Å². The average Bonchev–Trinajstić information content (AvgIpc) is 2.66. The van der Waals surface area contributed by atoms with E-state index in [2.05, 4.69) is 18.4 Å². The number of benzene rings is 1. The summed E-state index contributed by atoms with van der Waals surface area (Å²) in [4.78, 5) is 16.8. The smallest absolute Gasteiger partial charge is 0.224 e. The van der Waals surface area contributed by atoms with Gasteiger partial charge < -0.3 is 24.4 Å². The highest BCUT2D eigenvalue weighted by atomic mass is 16.5. The summed E-state index contributed by atoms with van der Waals surface area (Å²) in [5.74, 6) is 1.37. The molecule has 0 fully saturated rings. The summed E-state index contributed by atoms with van der Waals surface area (Å²) in [6.45, 7) is 11.7. The Labute approximate surface area is 168 Å². The number of amides is 1. The third-order valence-electron chi connectivity index (χ3n) is 5.03. The van der Waals surface area contributed by atoms with Crippen molar-refractivity contribution in [3.05, 3.63) is 30.4 Å². The predicted octanol–water partition coefficient (Wildman–Crippen LogP) is 3.37. The van der Waals surface area contributed by atoms with Gasteiger partial charge in [-0.3, -0.25) is 4.79 Å². The van der Waals surface area contributed by atoms with Crippen molar-refractivity contribution in [2.45, 2.75) is 58.7 Å². The van der Waals surface area contributed by atoms with E-state index in [1.807, 2.05) is 30.9 Å². The molecule has 28 heavy (non-hydrogen) atoms. The molecule has 1 atom stereocenters. The second kappa shape index (κ2) is 10.4. The molecule has 6 nitrogen and oxygen atoms in total. The molecule has 0 saturated heterocycles. The minimum atomic E-state index is -0.437. The lowest BCUT2D eigenvalue weighted by Crippen LogP contribution is -2.43. The van der Waals surface area contributed by atoms with Crippen LogP contribution in [-0.4, -0.2) is 54.9 Å². The molecular weight excluding hydrogens is 356 g/mol. The van der Waals surface area contributed by atoms with E-state index in [1.165, 1.54) is 0 Å². The number of carbonyl (C=O) groups excluding carboxylic acids is 1. The standard InChI is InChI=1S/C22H34N2O4/c1-6-8-17(25)14-23-12-11-21(26)24(16(3)4)15-18-19(23)9-10-20(27-5)22(18)28-13-7-2/h7,9-10,16-17,25H,2,6,8,11-15H2,1,3-5H3. The zero-order valence-electron chi connectivity index (χ0n) is 17.6. The van der Waals surface area contributed by atoms with Crippen molar-refractivity contribution in [2.24, 2.45) is 0 Å². The van der Waals surface area contributed by atoms with Gasteiger partial charge in [-0.25, -0.2) is 0 Å². The van der Waals surface area contributed by atoms with Crippen LogP contribution in [0, 0.1) is 0 Å². The molecule has 0 bridgehead atoms. The van der Waals surface area contributed by atoms with E-state index in [0.717, 1.165) is 24.1 Å². The maximum absolute atomic E-state index is 12.8. The molecule has 0 spiro atoms. The topological polar surface area (TPSA) is 62.2 Å². The number of hydrogen-bond donors (Lipinski definition) is 1. The Morgan fingerprint density at radius 1 is 1.36 bits per heavy atom. The molecule has 0 aromatic heterocycles. The second-order valence-corrected chi connectivity index (χ2v) is 7.45. The number of hydrogen-bond acceptors (Lipinski definition) is 5. The van der Waals surface area contributed by atoms with Gasteiger partial charge in [0.1, 0.15) is 6.61 Å². The number of ether oxygens (including phenoxy) is 2. The van der Waals surface area contributed by atoms with Crippen LogP contribution in [-0.2, 0) is 11.3 Å². The van der Waals surface area contributed by atoms with Crippen molar-refractivity contribution >= 4 is 11.6 Å². The molecule has 1 N–H and O–H groups in total. The number of anilines is 1. The van der Waals surface area contributed by atoms with Gasteiger partial charge in [0.25, 0.3) is 0 Å². The number of carbonyl (C=O) groups is 1. The average molecular weight is 391 g/mol. The van der Waals surface area contributed by atoms with Gasteiger partial charge in [-0.1, -0.05) is 26.0 Å². The first-order chi connectivity index (χ1) is 13.4. The highest BCUT2D eigenvalue weighted by Gasteiger charge is 2.29. The first-order valence-electron chi connectivity index (χ1n) is 10.1. The highest BCUT2D eigenvalue weighted by Crippen LogP contribution is 2.40. The molecule has 0 aliphatic carbocycles. The number of rotatable bonds is 9. The molecule has 1 amide bonds. The zero-order valence-corrected chi connectivity index (χ0v) is 17.6. The lowest BCUT2D eigenvalue weighted by atomic mass is 10.0. The number of aliphatic hydroxyl groups excluding tert-OH is 1. The largest absolute Gasteiger partial charge is 0.493 e. The van der Waals surface area contributed by atoms with Crippen LogP contribution in [0.3, 0.4) is 0 Å². The van der Waals surface area contributed by atoms with Gasteiger partial charge in [-0.2, -0.15) is 0 Å². The van der Waals surface area contributed by atoms with Crippen LogP contribution < -0.4 is 14.4 Å². The molecule has 1 aliphatic heterocycles. The summed E-state index contributed by atoms with van der Waals surface area (Å²) in [6.07, 6.45) is 3.32. The Kier molecular flexibility index (Phi) is 8.18. The van der Waals surface area contributed by atoms with Gasteiger partial charge in [-0.15, -0.1) is 0 Å². The van der Waals surface area contributed by atoms with Crippen molar-refractivity contribution in [3.8, 4) is 11.5 Å². The van der Waals surface area contributed by atoms with Crippen LogP contribution in [0.4, 0.5) is 5.69 Å². The van der Waals surface area contributed by atoms with Gasteiger partial charge in [0.15, 0.2) is 11.5 Å². The third kappa shape index (κ3) is 5.19. The first kappa shape index (κ1) is 22.1. The number of β-amino-alcohol motifs (C(OH)–C–C–N with tert-alkyl or cyclic N) is 1. The third-order valence-corrected chi connectivity index (χ3v) is 5.03. The fourth-order valence-corrected chi connectivity index (χ4v) is 3.60. The molecule has 1 aromatic rings. The predicted molar refractivity (Wildman–Crippen MR) is 112 cm³/mol. The van der Waals surface area contributed by atoms with Crippen molar-refractivity contribution in [3.63, 3.8) is 0 Å². The van der Waals surface area contributed by atoms with E-state index in [1.54, 1.807) is 13.2 Å².